The Morgan fingerprint density at radius 1 is 0.920 bits per heavy atom. The predicted molar refractivity (Wildman–Crippen MR) is 89.5 cm³/mol. The molecule has 0 fully saturated rings. The Hall–Kier alpha value is -2.70. The van der Waals surface area contributed by atoms with Crippen LogP contribution in [0.25, 0.3) is 5.65 Å². The van der Waals surface area contributed by atoms with Crippen LogP contribution in [0.4, 0.5) is 24.7 Å². The van der Waals surface area contributed by atoms with Crippen molar-refractivity contribution in [1.82, 2.24) is 9.38 Å². The van der Waals surface area contributed by atoms with Crippen molar-refractivity contribution in [3.8, 4) is 0 Å². The average molecular weight is 346 g/mol. The standard InChI is InChI=1S/C18H17F3N4/c1-17(2,3)15-16(24-23-13-7-5-4-6-8-13)25-11-12(18(19,20)21)9-10-14(25)22-15/h4-11H,1-3H3. The first-order chi connectivity index (χ1) is 11.7. The molecule has 0 unspecified atom stereocenters. The maximum absolute atomic E-state index is 13.1. The number of nitrogens with zero attached hydrogens (tertiary/aromatic N) is 4. The van der Waals surface area contributed by atoms with E-state index in [4.69, 9.17) is 0 Å². The first-order valence-electron chi connectivity index (χ1n) is 7.73. The molecule has 1 aromatic carbocycles. The molecule has 0 aliphatic rings. The van der Waals surface area contributed by atoms with Crippen LogP contribution in [0.3, 0.4) is 0 Å². The smallest absolute Gasteiger partial charge is 0.282 e. The number of rotatable bonds is 2. The summed E-state index contributed by atoms with van der Waals surface area (Å²) in [6.07, 6.45) is -3.43. The highest BCUT2D eigenvalue weighted by atomic mass is 19.4. The number of azo groups is 1. The maximum Gasteiger partial charge on any atom is 0.417 e. The summed E-state index contributed by atoms with van der Waals surface area (Å²) in [5.74, 6) is 0.303. The lowest BCUT2D eigenvalue weighted by Gasteiger charge is -2.15. The van der Waals surface area contributed by atoms with Crippen LogP contribution < -0.4 is 0 Å². The number of aromatic nitrogens is 2. The van der Waals surface area contributed by atoms with Gasteiger partial charge in [-0.15, -0.1) is 10.2 Å². The summed E-state index contributed by atoms with van der Waals surface area (Å²) in [5, 5.41) is 8.36. The summed E-state index contributed by atoms with van der Waals surface area (Å²) in [6.45, 7) is 5.79. The van der Waals surface area contributed by atoms with Gasteiger partial charge in [0, 0.05) is 11.6 Å². The molecule has 0 atom stereocenters. The third-order valence-electron chi connectivity index (χ3n) is 3.65. The van der Waals surface area contributed by atoms with Gasteiger partial charge in [0.05, 0.1) is 16.9 Å². The summed E-state index contributed by atoms with van der Waals surface area (Å²) in [7, 11) is 0. The van der Waals surface area contributed by atoms with Crippen molar-refractivity contribution >= 4 is 17.2 Å². The maximum atomic E-state index is 13.1. The van der Waals surface area contributed by atoms with Crippen LogP contribution in [0, 0.1) is 0 Å². The summed E-state index contributed by atoms with van der Waals surface area (Å²) in [5.41, 5.74) is 0.458. The third-order valence-corrected chi connectivity index (χ3v) is 3.65. The molecule has 0 saturated heterocycles. The molecule has 7 heteroatoms. The van der Waals surface area contributed by atoms with Crippen molar-refractivity contribution in [3.63, 3.8) is 0 Å². The molecule has 3 aromatic rings. The Balaban J connectivity index is 2.20. The van der Waals surface area contributed by atoms with Gasteiger partial charge < -0.3 is 0 Å². The van der Waals surface area contributed by atoms with Gasteiger partial charge in [-0.1, -0.05) is 39.0 Å². The first-order valence-corrected chi connectivity index (χ1v) is 7.73. The number of fused-ring (bicyclic) bond motifs is 1. The van der Waals surface area contributed by atoms with Crippen molar-refractivity contribution in [1.29, 1.82) is 0 Å². The van der Waals surface area contributed by atoms with Gasteiger partial charge in [-0.05, 0) is 24.3 Å². The molecule has 2 aromatic heterocycles. The zero-order chi connectivity index (χ0) is 18.2. The lowest BCUT2D eigenvalue weighted by atomic mass is 9.92. The summed E-state index contributed by atoms with van der Waals surface area (Å²) >= 11 is 0. The number of hydrogen-bond acceptors (Lipinski definition) is 3. The second-order valence-electron chi connectivity index (χ2n) is 6.71. The SMILES string of the molecule is CC(C)(C)c1nc2ccc(C(F)(F)F)cn2c1N=Nc1ccccc1. The molecule has 4 nitrogen and oxygen atoms in total. The van der Waals surface area contributed by atoms with Crippen molar-refractivity contribution < 1.29 is 13.2 Å². The van der Waals surface area contributed by atoms with E-state index in [0.717, 1.165) is 12.3 Å². The largest absolute Gasteiger partial charge is 0.417 e. The number of alkyl halides is 3. The Morgan fingerprint density at radius 3 is 2.20 bits per heavy atom. The van der Waals surface area contributed by atoms with Gasteiger partial charge in [0.25, 0.3) is 0 Å². The number of pyridine rings is 1. The minimum Gasteiger partial charge on any atom is -0.282 e. The van der Waals surface area contributed by atoms with Crippen molar-refractivity contribution in [2.45, 2.75) is 32.4 Å². The fourth-order valence-corrected chi connectivity index (χ4v) is 2.40. The van der Waals surface area contributed by atoms with Gasteiger partial charge in [-0.3, -0.25) is 4.40 Å². The fourth-order valence-electron chi connectivity index (χ4n) is 2.40. The molecule has 0 aliphatic carbocycles. The monoisotopic (exact) mass is 346 g/mol. The highest BCUT2D eigenvalue weighted by molar-refractivity contribution is 5.55. The van der Waals surface area contributed by atoms with E-state index < -0.39 is 17.2 Å². The van der Waals surface area contributed by atoms with Gasteiger partial charge in [0.2, 0.25) is 0 Å². The summed E-state index contributed by atoms with van der Waals surface area (Å²) in [4.78, 5) is 4.46. The van der Waals surface area contributed by atoms with Crippen LogP contribution in [0.2, 0.25) is 0 Å². The molecule has 0 radical (unpaired) electrons. The molecule has 0 spiro atoms. The van der Waals surface area contributed by atoms with Crippen molar-refractivity contribution in [2.75, 3.05) is 0 Å². The van der Waals surface area contributed by atoms with E-state index in [-0.39, 0.29) is 0 Å². The van der Waals surface area contributed by atoms with Crippen LogP contribution in [-0.2, 0) is 11.6 Å². The zero-order valence-electron chi connectivity index (χ0n) is 14.0. The van der Waals surface area contributed by atoms with E-state index in [2.05, 4.69) is 15.2 Å². The van der Waals surface area contributed by atoms with Gasteiger partial charge in [-0.2, -0.15) is 13.2 Å². The van der Waals surface area contributed by atoms with Crippen LogP contribution in [0.15, 0.2) is 58.9 Å². The van der Waals surface area contributed by atoms with Gasteiger partial charge in [-0.25, -0.2) is 4.98 Å². The van der Waals surface area contributed by atoms with E-state index >= 15 is 0 Å². The molecule has 2 heterocycles. The number of benzene rings is 1. The second-order valence-corrected chi connectivity index (χ2v) is 6.71. The minimum atomic E-state index is -4.44. The third kappa shape index (κ3) is 3.55. The van der Waals surface area contributed by atoms with Crippen LogP contribution in [0.5, 0.6) is 0 Å². The van der Waals surface area contributed by atoms with Crippen molar-refractivity contribution in [3.05, 3.63) is 59.9 Å². The molecule has 0 bridgehead atoms. The molecule has 3 rings (SSSR count). The quantitative estimate of drug-likeness (QED) is 0.520. The van der Waals surface area contributed by atoms with Crippen molar-refractivity contribution in [2.24, 2.45) is 10.2 Å². The van der Waals surface area contributed by atoms with E-state index in [1.54, 1.807) is 12.1 Å². The molecule has 25 heavy (non-hydrogen) atoms. The van der Waals surface area contributed by atoms with Crippen LogP contribution in [0.1, 0.15) is 32.0 Å². The number of halogens is 3. The Morgan fingerprint density at radius 2 is 1.60 bits per heavy atom. The fraction of sp³-hybridized carbons (Fsp3) is 0.278. The zero-order valence-corrected chi connectivity index (χ0v) is 14.0. The molecule has 130 valence electrons. The Bertz CT molecular complexity index is 919. The van der Waals surface area contributed by atoms with Gasteiger partial charge in [0.1, 0.15) is 5.65 Å². The highest BCUT2D eigenvalue weighted by Gasteiger charge is 2.32. The molecule has 0 aliphatic heterocycles. The lowest BCUT2D eigenvalue weighted by Crippen LogP contribution is -2.11. The molecular formula is C18H17F3N4. The minimum absolute atomic E-state index is 0.303. The molecule has 0 saturated carbocycles. The van der Waals surface area contributed by atoms with Gasteiger partial charge >= 0.3 is 6.18 Å². The Kier molecular flexibility index (Phi) is 4.10. The van der Waals surface area contributed by atoms with E-state index in [9.17, 15) is 13.2 Å². The predicted octanol–water partition coefficient (Wildman–Crippen LogP) is 6.07. The van der Waals surface area contributed by atoms with E-state index in [1.807, 2.05) is 39.0 Å². The van der Waals surface area contributed by atoms with E-state index in [1.165, 1.54) is 10.5 Å². The first kappa shape index (κ1) is 17.1. The average Bonchev–Trinajstić information content (AvgIpc) is 2.91. The molecule has 0 amide bonds. The number of imidazole rings is 1. The Labute approximate surface area is 143 Å². The molecule has 0 N–H and O–H groups in total. The van der Waals surface area contributed by atoms with E-state index in [0.29, 0.717) is 22.8 Å². The van der Waals surface area contributed by atoms with Crippen LogP contribution >= 0.6 is 0 Å². The summed E-state index contributed by atoms with van der Waals surface area (Å²) in [6, 6.07) is 11.4. The van der Waals surface area contributed by atoms with Crippen LogP contribution in [-0.4, -0.2) is 9.38 Å². The lowest BCUT2D eigenvalue weighted by molar-refractivity contribution is -0.137. The molecular weight excluding hydrogens is 329 g/mol. The highest BCUT2D eigenvalue weighted by Crippen LogP contribution is 2.35. The topological polar surface area (TPSA) is 42.0 Å². The van der Waals surface area contributed by atoms with Gasteiger partial charge in [0.15, 0.2) is 5.82 Å². The second kappa shape index (κ2) is 5.98. The number of hydrogen-bond donors (Lipinski definition) is 0. The normalized spacial score (nSPS) is 13.0. The summed E-state index contributed by atoms with van der Waals surface area (Å²) < 4.78 is 40.5.